The molecule has 3 rings (SSSR count). The lowest BCUT2D eigenvalue weighted by molar-refractivity contribution is 0.0156. The van der Waals surface area contributed by atoms with Gasteiger partial charge in [0, 0.05) is 17.5 Å². The third-order valence-electron chi connectivity index (χ3n) is 4.85. The molecule has 120 valence electrons. The first-order chi connectivity index (χ1) is 10.7. The minimum atomic E-state index is -1.02. The van der Waals surface area contributed by atoms with Crippen molar-refractivity contribution in [1.29, 1.82) is 0 Å². The summed E-state index contributed by atoms with van der Waals surface area (Å²) in [6.07, 6.45) is 3.07. The maximum atomic E-state index is 14.5. The van der Waals surface area contributed by atoms with Gasteiger partial charge in [-0.3, -0.25) is 0 Å². The number of hydrogen-bond acceptors (Lipinski definition) is 4. The van der Waals surface area contributed by atoms with Crippen molar-refractivity contribution in [2.24, 2.45) is 5.41 Å². The summed E-state index contributed by atoms with van der Waals surface area (Å²) in [6, 6.07) is 9.55. The van der Waals surface area contributed by atoms with E-state index in [1.54, 1.807) is 24.3 Å². The molecule has 2 aliphatic carbocycles. The number of halogens is 1. The van der Waals surface area contributed by atoms with Crippen LogP contribution in [0.2, 0.25) is 0 Å². The molecule has 0 amide bonds. The second-order valence-electron chi connectivity index (χ2n) is 6.36. The van der Waals surface area contributed by atoms with Crippen LogP contribution >= 0.6 is 0 Å². The van der Waals surface area contributed by atoms with Crippen molar-refractivity contribution < 1.29 is 14.0 Å². The van der Waals surface area contributed by atoms with Gasteiger partial charge in [-0.15, -0.1) is 5.48 Å². The van der Waals surface area contributed by atoms with Crippen molar-refractivity contribution in [2.75, 3.05) is 6.54 Å². The van der Waals surface area contributed by atoms with Gasteiger partial charge in [0.15, 0.2) is 0 Å². The number of alkyl halides is 1. The standard InChI is InChI=1S/C17H23FN2O2/c1-2-17(10-15(17)20-13-8-9-13)14(18)11-19-22-16(21)12-6-4-3-5-7-12/h3-7,13-15,19-20H,2,8-11H2,1H3/t14-,15?,17?/m1/s1. The zero-order valence-corrected chi connectivity index (χ0v) is 12.8. The summed E-state index contributed by atoms with van der Waals surface area (Å²) in [7, 11) is 0. The second-order valence-corrected chi connectivity index (χ2v) is 6.36. The van der Waals surface area contributed by atoms with Crippen molar-refractivity contribution in [3.8, 4) is 0 Å². The summed E-state index contributed by atoms with van der Waals surface area (Å²) in [5.41, 5.74) is 2.66. The van der Waals surface area contributed by atoms with Crippen LogP contribution in [0.4, 0.5) is 4.39 Å². The Balaban J connectivity index is 1.44. The molecule has 2 fully saturated rings. The number of carbonyl (C=O) groups is 1. The van der Waals surface area contributed by atoms with E-state index in [-0.39, 0.29) is 18.0 Å². The monoisotopic (exact) mass is 306 g/mol. The van der Waals surface area contributed by atoms with E-state index >= 15 is 0 Å². The Kier molecular flexibility index (Phi) is 4.45. The number of hydrogen-bond donors (Lipinski definition) is 2. The Morgan fingerprint density at radius 1 is 1.41 bits per heavy atom. The summed E-state index contributed by atoms with van der Waals surface area (Å²) in [4.78, 5) is 16.7. The van der Waals surface area contributed by atoms with Crippen LogP contribution in [0.5, 0.6) is 0 Å². The highest BCUT2D eigenvalue weighted by atomic mass is 19.1. The van der Waals surface area contributed by atoms with Crippen LogP contribution in [-0.4, -0.2) is 30.8 Å². The van der Waals surface area contributed by atoms with Crippen LogP contribution in [0.25, 0.3) is 0 Å². The third kappa shape index (κ3) is 3.31. The predicted molar refractivity (Wildman–Crippen MR) is 82.0 cm³/mol. The highest BCUT2D eigenvalue weighted by Crippen LogP contribution is 2.53. The van der Waals surface area contributed by atoms with Crippen LogP contribution in [0, 0.1) is 5.41 Å². The van der Waals surface area contributed by atoms with Gasteiger partial charge < -0.3 is 10.2 Å². The number of nitrogens with one attached hydrogen (secondary N) is 2. The first kappa shape index (κ1) is 15.4. The van der Waals surface area contributed by atoms with E-state index < -0.39 is 12.1 Å². The van der Waals surface area contributed by atoms with Gasteiger partial charge in [0.2, 0.25) is 0 Å². The summed E-state index contributed by atoms with van der Waals surface area (Å²) in [6.45, 7) is 2.06. The number of benzene rings is 1. The van der Waals surface area contributed by atoms with E-state index in [1.807, 2.05) is 13.0 Å². The first-order valence-corrected chi connectivity index (χ1v) is 8.05. The Morgan fingerprint density at radius 3 is 2.77 bits per heavy atom. The van der Waals surface area contributed by atoms with E-state index in [9.17, 15) is 9.18 Å². The van der Waals surface area contributed by atoms with Gasteiger partial charge in [0.05, 0.1) is 12.1 Å². The summed E-state index contributed by atoms with van der Waals surface area (Å²) >= 11 is 0. The molecule has 0 bridgehead atoms. The van der Waals surface area contributed by atoms with Gasteiger partial charge in [-0.2, -0.15) is 0 Å². The molecule has 2 saturated carbocycles. The van der Waals surface area contributed by atoms with E-state index in [2.05, 4.69) is 10.8 Å². The number of carbonyl (C=O) groups excluding carboxylic acids is 1. The molecule has 5 heteroatoms. The van der Waals surface area contributed by atoms with Gasteiger partial charge >= 0.3 is 5.97 Å². The molecule has 2 unspecified atom stereocenters. The molecule has 0 aromatic heterocycles. The molecular weight excluding hydrogens is 283 g/mol. The molecule has 0 spiro atoms. The minimum absolute atomic E-state index is 0.0370. The predicted octanol–water partition coefficient (Wildman–Crippen LogP) is 2.61. The Morgan fingerprint density at radius 2 is 2.14 bits per heavy atom. The quantitative estimate of drug-likeness (QED) is 0.725. The fourth-order valence-electron chi connectivity index (χ4n) is 3.06. The largest absolute Gasteiger partial charge is 0.367 e. The van der Waals surface area contributed by atoms with Gasteiger partial charge in [-0.1, -0.05) is 25.1 Å². The average molecular weight is 306 g/mol. The summed E-state index contributed by atoms with van der Waals surface area (Å²) < 4.78 is 14.5. The van der Waals surface area contributed by atoms with Crippen LogP contribution in [0.1, 0.15) is 43.0 Å². The molecule has 0 heterocycles. The van der Waals surface area contributed by atoms with Crippen molar-refractivity contribution >= 4 is 5.97 Å². The zero-order chi connectivity index (χ0) is 15.6. The van der Waals surface area contributed by atoms with E-state index in [1.165, 1.54) is 12.8 Å². The highest BCUT2D eigenvalue weighted by Gasteiger charge is 2.59. The van der Waals surface area contributed by atoms with Crippen molar-refractivity contribution in [3.05, 3.63) is 35.9 Å². The SMILES string of the molecule is CCC1([C@H](F)CNOC(=O)c2ccccc2)CC1NC1CC1. The molecule has 1 aromatic rings. The molecule has 2 aliphatic rings. The zero-order valence-electron chi connectivity index (χ0n) is 12.8. The maximum Gasteiger partial charge on any atom is 0.356 e. The van der Waals surface area contributed by atoms with Crippen LogP contribution in [-0.2, 0) is 4.84 Å². The van der Waals surface area contributed by atoms with Gasteiger partial charge in [-0.25, -0.2) is 9.18 Å². The lowest BCUT2D eigenvalue weighted by atomic mass is 9.96. The van der Waals surface area contributed by atoms with Crippen molar-refractivity contribution in [2.45, 2.75) is 50.9 Å². The minimum Gasteiger partial charge on any atom is -0.367 e. The molecule has 0 aliphatic heterocycles. The average Bonchev–Trinajstić information content (AvgIpc) is 3.46. The fraction of sp³-hybridized carbons (Fsp3) is 0.588. The van der Waals surface area contributed by atoms with E-state index in [0.29, 0.717) is 11.6 Å². The van der Waals surface area contributed by atoms with E-state index in [0.717, 1.165) is 12.8 Å². The fourth-order valence-corrected chi connectivity index (χ4v) is 3.06. The maximum absolute atomic E-state index is 14.5. The van der Waals surface area contributed by atoms with Crippen LogP contribution in [0.3, 0.4) is 0 Å². The Bertz CT molecular complexity index is 521. The van der Waals surface area contributed by atoms with Crippen molar-refractivity contribution in [1.82, 2.24) is 10.8 Å². The Labute approximate surface area is 130 Å². The molecule has 4 nitrogen and oxygen atoms in total. The van der Waals surface area contributed by atoms with Crippen LogP contribution < -0.4 is 10.8 Å². The number of hydroxylamine groups is 1. The van der Waals surface area contributed by atoms with Gasteiger partial charge in [0.25, 0.3) is 0 Å². The van der Waals surface area contributed by atoms with Crippen molar-refractivity contribution in [3.63, 3.8) is 0 Å². The lowest BCUT2D eigenvalue weighted by Crippen LogP contribution is -2.37. The third-order valence-corrected chi connectivity index (χ3v) is 4.85. The van der Waals surface area contributed by atoms with Crippen LogP contribution in [0.15, 0.2) is 30.3 Å². The molecule has 3 atom stereocenters. The number of rotatable bonds is 8. The lowest BCUT2D eigenvalue weighted by Gasteiger charge is -2.21. The molecule has 2 N–H and O–H groups in total. The molecule has 22 heavy (non-hydrogen) atoms. The highest BCUT2D eigenvalue weighted by molar-refractivity contribution is 5.89. The van der Waals surface area contributed by atoms with E-state index in [4.69, 9.17) is 4.84 Å². The Hall–Kier alpha value is -1.46. The molecule has 1 aromatic carbocycles. The summed E-state index contributed by atoms with van der Waals surface area (Å²) in [5.74, 6) is -0.484. The summed E-state index contributed by atoms with van der Waals surface area (Å²) in [5, 5.41) is 3.50. The smallest absolute Gasteiger partial charge is 0.356 e. The molecular formula is C17H23FN2O2. The topological polar surface area (TPSA) is 50.4 Å². The van der Waals surface area contributed by atoms with Gasteiger partial charge in [-0.05, 0) is 37.8 Å². The van der Waals surface area contributed by atoms with Gasteiger partial charge in [0.1, 0.15) is 6.17 Å². The second kappa shape index (κ2) is 6.34. The molecule has 0 radical (unpaired) electrons. The molecule has 0 saturated heterocycles. The first-order valence-electron chi connectivity index (χ1n) is 8.05. The normalized spacial score (nSPS) is 28.2.